The monoisotopic (exact) mass is 278 g/mol. The van der Waals surface area contributed by atoms with Gasteiger partial charge in [-0.1, -0.05) is 0 Å². The highest BCUT2D eigenvalue weighted by Gasteiger charge is 2.40. The first-order valence-electron chi connectivity index (χ1n) is 6.82. The van der Waals surface area contributed by atoms with Crippen LogP contribution in [0.3, 0.4) is 0 Å². The van der Waals surface area contributed by atoms with E-state index in [1.54, 1.807) is 20.3 Å². The molecule has 0 spiro atoms. The number of nitrogens with one attached hydrogen (secondary N) is 1. The summed E-state index contributed by atoms with van der Waals surface area (Å²) in [5.74, 6) is 1.32. The molecule has 0 heterocycles. The summed E-state index contributed by atoms with van der Waals surface area (Å²) in [7, 11) is 3.21. The molecule has 1 aliphatic rings. The number of carbonyl (C=O) groups is 1. The van der Waals surface area contributed by atoms with Gasteiger partial charge in [0, 0.05) is 11.6 Å². The van der Waals surface area contributed by atoms with Gasteiger partial charge in [-0.05, 0) is 38.3 Å². The zero-order chi connectivity index (χ0) is 14.8. The number of hydrogen-bond donors (Lipinski definition) is 2. The predicted molar refractivity (Wildman–Crippen MR) is 76.9 cm³/mol. The molecule has 1 amide bonds. The van der Waals surface area contributed by atoms with Crippen molar-refractivity contribution in [2.45, 2.75) is 37.8 Å². The summed E-state index contributed by atoms with van der Waals surface area (Å²) in [6, 6.07) is 5.39. The quantitative estimate of drug-likeness (QED) is 0.860. The first kappa shape index (κ1) is 14.7. The molecule has 20 heavy (non-hydrogen) atoms. The van der Waals surface area contributed by atoms with E-state index in [9.17, 15) is 4.79 Å². The van der Waals surface area contributed by atoms with Crippen LogP contribution in [0, 0.1) is 0 Å². The predicted octanol–water partition coefficient (Wildman–Crippen LogP) is 1.76. The van der Waals surface area contributed by atoms with E-state index in [4.69, 9.17) is 15.2 Å². The maximum atomic E-state index is 12.2. The Kier molecular flexibility index (Phi) is 4.18. The number of hydrogen-bond acceptors (Lipinski definition) is 4. The standard InChI is InChI=1S/C15H22N2O3/c1-10(17-14(18)15(16)7-4-8-15)12-6-5-11(19-2)9-13(12)20-3/h5-6,9-10H,4,7-8,16H2,1-3H3,(H,17,18). The van der Waals surface area contributed by atoms with Crippen LogP contribution in [-0.2, 0) is 4.79 Å². The average Bonchev–Trinajstić information content (AvgIpc) is 2.43. The second-order valence-electron chi connectivity index (χ2n) is 5.31. The van der Waals surface area contributed by atoms with Gasteiger partial charge in [0.05, 0.1) is 25.8 Å². The summed E-state index contributed by atoms with van der Waals surface area (Å²) in [4.78, 5) is 12.2. The molecule has 3 N–H and O–H groups in total. The Hall–Kier alpha value is -1.75. The molecule has 1 fully saturated rings. The van der Waals surface area contributed by atoms with Crippen LogP contribution >= 0.6 is 0 Å². The fourth-order valence-corrected chi connectivity index (χ4v) is 2.38. The van der Waals surface area contributed by atoms with Crippen LogP contribution in [0.2, 0.25) is 0 Å². The van der Waals surface area contributed by atoms with Crippen LogP contribution in [0.1, 0.15) is 37.8 Å². The number of nitrogens with two attached hydrogens (primary N) is 1. The minimum atomic E-state index is -0.687. The van der Waals surface area contributed by atoms with E-state index in [0.717, 1.165) is 30.6 Å². The number of amides is 1. The smallest absolute Gasteiger partial charge is 0.240 e. The highest BCUT2D eigenvalue weighted by Crippen LogP contribution is 2.32. The third-order valence-electron chi connectivity index (χ3n) is 3.95. The lowest BCUT2D eigenvalue weighted by molar-refractivity contribution is -0.129. The van der Waals surface area contributed by atoms with Crippen molar-refractivity contribution in [1.82, 2.24) is 5.32 Å². The molecule has 5 heteroatoms. The minimum absolute atomic E-state index is 0.0888. The topological polar surface area (TPSA) is 73.6 Å². The zero-order valence-corrected chi connectivity index (χ0v) is 12.2. The highest BCUT2D eigenvalue weighted by molar-refractivity contribution is 5.87. The number of ether oxygens (including phenoxy) is 2. The van der Waals surface area contributed by atoms with Crippen molar-refractivity contribution in [2.75, 3.05) is 14.2 Å². The Balaban J connectivity index is 2.12. The van der Waals surface area contributed by atoms with Gasteiger partial charge in [-0.15, -0.1) is 0 Å². The van der Waals surface area contributed by atoms with Crippen LogP contribution in [0.5, 0.6) is 11.5 Å². The Labute approximate surface area is 119 Å². The molecular formula is C15H22N2O3. The Morgan fingerprint density at radius 3 is 2.55 bits per heavy atom. The van der Waals surface area contributed by atoms with Crippen LogP contribution in [-0.4, -0.2) is 25.7 Å². The Bertz CT molecular complexity index is 498. The molecule has 1 atom stereocenters. The van der Waals surface area contributed by atoms with Crippen molar-refractivity contribution in [2.24, 2.45) is 5.73 Å². The first-order chi connectivity index (χ1) is 9.50. The molecule has 0 radical (unpaired) electrons. The summed E-state index contributed by atoms with van der Waals surface area (Å²) >= 11 is 0. The third-order valence-corrected chi connectivity index (χ3v) is 3.95. The molecule has 1 saturated carbocycles. The fraction of sp³-hybridized carbons (Fsp3) is 0.533. The van der Waals surface area contributed by atoms with Gasteiger partial charge in [-0.25, -0.2) is 0 Å². The lowest BCUT2D eigenvalue weighted by Gasteiger charge is -2.37. The summed E-state index contributed by atoms with van der Waals surface area (Å²) < 4.78 is 10.5. The molecule has 0 saturated heterocycles. The van der Waals surface area contributed by atoms with Gasteiger partial charge in [0.25, 0.3) is 0 Å². The molecule has 2 rings (SSSR count). The van der Waals surface area contributed by atoms with Gasteiger partial charge in [-0.2, -0.15) is 0 Å². The molecule has 1 aromatic rings. The lowest BCUT2D eigenvalue weighted by atomic mass is 9.77. The first-order valence-corrected chi connectivity index (χ1v) is 6.82. The van der Waals surface area contributed by atoms with E-state index in [1.807, 2.05) is 19.1 Å². The zero-order valence-electron chi connectivity index (χ0n) is 12.2. The van der Waals surface area contributed by atoms with Gasteiger partial charge < -0.3 is 20.5 Å². The fourth-order valence-electron chi connectivity index (χ4n) is 2.38. The molecule has 110 valence electrons. The van der Waals surface area contributed by atoms with E-state index in [-0.39, 0.29) is 11.9 Å². The number of methoxy groups -OCH3 is 2. The molecule has 5 nitrogen and oxygen atoms in total. The second kappa shape index (κ2) is 5.71. The Morgan fingerprint density at radius 1 is 1.35 bits per heavy atom. The second-order valence-corrected chi connectivity index (χ2v) is 5.31. The van der Waals surface area contributed by atoms with Gasteiger partial charge in [0.1, 0.15) is 11.5 Å². The van der Waals surface area contributed by atoms with Crippen molar-refractivity contribution < 1.29 is 14.3 Å². The molecule has 1 aromatic carbocycles. The highest BCUT2D eigenvalue weighted by atomic mass is 16.5. The molecule has 1 aliphatic carbocycles. The van der Waals surface area contributed by atoms with Gasteiger partial charge in [0.15, 0.2) is 0 Å². The molecule has 0 aromatic heterocycles. The molecule has 1 unspecified atom stereocenters. The van der Waals surface area contributed by atoms with Crippen LogP contribution < -0.4 is 20.5 Å². The minimum Gasteiger partial charge on any atom is -0.497 e. The number of rotatable bonds is 5. The summed E-state index contributed by atoms with van der Waals surface area (Å²) in [5.41, 5.74) is 6.25. The number of carbonyl (C=O) groups excluding carboxylic acids is 1. The summed E-state index contributed by atoms with van der Waals surface area (Å²) in [6.07, 6.45) is 2.53. The number of benzene rings is 1. The van der Waals surface area contributed by atoms with Gasteiger partial charge >= 0.3 is 0 Å². The normalized spacial score (nSPS) is 17.8. The maximum Gasteiger partial charge on any atom is 0.240 e. The van der Waals surface area contributed by atoms with E-state index >= 15 is 0 Å². The van der Waals surface area contributed by atoms with Gasteiger partial charge in [0.2, 0.25) is 5.91 Å². The molecular weight excluding hydrogens is 256 g/mol. The summed E-state index contributed by atoms with van der Waals surface area (Å²) in [6.45, 7) is 1.92. The molecule has 0 bridgehead atoms. The van der Waals surface area contributed by atoms with E-state index in [1.165, 1.54) is 0 Å². The van der Waals surface area contributed by atoms with E-state index < -0.39 is 5.54 Å². The van der Waals surface area contributed by atoms with E-state index in [0.29, 0.717) is 5.75 Å². The SMILES string of the molecule is COc1ccc(C(C)NC(=O)C2(N)CCC2)c(OC)c1. The van der Waals surface area contributed by atoms with Crippen molar-refractivity contribution in [1.29, 1.82) is 0 Å². The molecule has 0 aliphatic heterocycles. The lowest BCUT2D eigenvalue weighted by Crippen LogP contribution is -2.58. The van der Waals surface area contributed by atoms with E-state index in [2.05, 4.69) is 5.32 Å². The maximum absolute atomic E-state index is 12.2. The average molecular weight is 278 g/mol. The largest absolute Gasteiger partial charge is 0.497 e. The Morgan fingerprint density at radius 2 is 2.05 bits per heavy atom. The van der Waals surface area contributed by atoms with Gasteiger partial charge in [-0.3, -0.25) is 4.79 Å². The van der Waals surface area contributed by atoms with Crippen molar-refractivity contribution >= 4 is 5.91 Å². The van der Waals surface area contributed by atoms with Crippen LogP contribution in [0.15, 0.2) is 18.2 Å². The third kappa shape index (κ3) is 2.72. The van der Waals surface area contributed by atoms with Crippen molar-refractivity contribution in [3.63, 3.8) is 0 Å². The van der Waals surface area contributed by atoms with Crippen molar-refractivity contribution in [3.8, 4) is 11.5 Å². The van der Waals surface area contributed by atoms with Crippen LogP contribution in [0.25, 0.3) is 0 Å². The van der Waals surface area contributed by atoms with Crippen LogP contribution in [0.4, 0.5) is 0 Å². The van der Waals surface area contributed by atoms with Crippen molar-refractivity contribution in [3.05, 3.63) is 23.8 Å². The summed E-state index contributed by atoms with van der Waals surface area (Å²) in [5, 5.41) is 2.97.